The van der Waals surface area contributed by atoms with Gasteiger partial charge in [-0.15, -0.1) is 0 Å². The van der Waals surface area contributed by atoms with Crippen molar-refractivity contribution < 1.29 is 29.1 Å². The molecule has 0 aliphatic rings. The van der Waals surface area contributed by atoms with Gasteiger partial charge in [-0.2, -0.15) is 0 Å². The van der Waals surface area contributed by atoms with Gasteiger partial charge in [-0.25, -0.2) is 14.4 Å². The average molecular weight is 345 g/mol. The predicted octanol–water partition coefficient (Wildman–Crippen LogP) is 1.92. The van der Waals surface area contributed by atoms with Crippen molar-refractivity contribution in [1.82, 2.24) is 9.96 Å². The smallest absolute Gasteiger partial charge is 0.451 e. The quantitative estimate of drug-likeness (QED) is 0.428. The van der Waals surface area contributed by atoms with Gasteiger partial charge in [0.15, 0.2) is 0 Å². The van der Waals surface area contributed by atoms with Gasteiger partial charge in [-0.1, -0.05) is 39.7 Å². The summed E-state index contributed by atoms with van der Waals surface area (Å²) in [5, 5.41) is 17.8. The molecule has 0 fully saturated rings. The highest BCUT2D eigenvalue weighted by Gasteiger charge is 2.35. The number of hydrogen-bond donors (Lipinski definition) is 2. The highest BCUT2D eigenvalue weighted by atomic mass is 16.8. The molecular weight excluding hydrogens is 318 g/mol. The number of guanidine groups is 1. The first-order valence-electron chi connectivity index (χ1n) is 7.77. The number of nitrogens with one attached hydrogen (secondary N) is 1. The largest absolute Gasteiger partial charge is 0.480 e. The Labute approximate surface area is 142 Å². The molecule has 0 aliphatic heterocycles. The molecule has 9 heteroatoms. The molecule has 0 radical (unpaired) electrons. The summed E-state index contributed by atoms with van der Waals surface area (Å²) < 4.78 is 4.90. The molecule has 9 nitrogen and oxygen atoms in total. The fourth-order valence-electron chi connectivity index (χ4n) is 1.78. The Kier molecular flexibility index (Phi) is 8.80. The van der Waals surface area contributed by atoms with Gasteiger partial charge in [0.25, 0.3) is 0 Å². The molecule has 0 aromatic carbocycles. The van der Waals surface area contributed by atoms with Gasteiger partial charge in [-0.3, -0.25) is 5.41 Å². The Balaban J connectivity index is 5.44. The van der Waals surface area contributed by atoms with Gasteiger partial charge in [0, 0.05) is 7.05 Å². The van der Waals surface area contributed by atoms with Gasteiger partial charge < -0.3 is 19.6 Å². The first-order valence-corrected chi connectivity index (χ1v) is 7.77. The van der Waals surface area contributed by atoms with Crippen molar-refractivity contribution in [2.45, 2.75) is 47.1 Å². The lowest BCUT2D eigenvalue weighted by Gasteiger charge is -2.33. The molecule has 138 valence electrons. The number of carboxylic acids is 1. The van der Waals surface area contributed by atoms with Crippen molar-refractivity contribution in [1.29, 1.82) is 5.41 Å². The lowest BCUT2D eigenvalue weighted by atomic mass is 10.0. The van der Waals surface area contributed by atoms with Crippen molar-refractivity contribution in [3.8, 4) is 0 Å². The van der Waals surface area contributed by atoms with Gasteiger partial charge in [0.05, 0.1) is 12.5 Å². The molecule has 0 saturated heterocycles. The second-order valence-electron chi connectivity index (χ2n) is 5.94. The summed E-state index contributed by atoms with van der Waals surface area (Å²) in [6.45, 7) is 8.34. The number of rotatable bonds is 6. The van der Waals surface area contributed by atoms with E-state index in [2.05, 4.69) is 0 Å². The summed E-state index contributed by atoms with van der Waals surface area (Å²) in [4.78, 5) is 41.2. The van der Waals surface area contributed by atoms with E-state index in [1.807, 2.05) is 0 Å². The van der Waals surface area contributed by atoms with Gasteiger partial charge >= 0.3 is 18.0 Å². The van der Waals surface area contributed by atoms with Crippen LogP contribution >= 0.6 is 0 Å². The van der Waals surface area contributed by atoms with Gasteiger partial charge in [0.1, 0.15) is 6.04 Å². The molecular formula is C15H27N3O6. The predicted molar refractivity (Wildman–Crippen MR) is 86.2 cm³/mol. The summed E-state index contributed by atoms with van der Waals surface area (Å²) in [6.07, 6.45) is -0.499. The Bertz CT molecular complexity index is 478. The Morgan fingerprint density at radius 2 is 1.71 bits per heavy atom. The van der Waals surface area contributed by atoms with Crippen molar-refractivity contribution in [2.24, 2.45) is 11.8 Å². The zero-order valence-corrected chi connectivity index (χ0v) is 15.0. The molecule has 0 heterocycles. The number of carboxylic acid groups (broad SMARTS) is 1. The molecule has 1 atom stereocenters. The van der Waals surface area contributed by atoms with E-state index in [0.717, 1.165) is 4.90 Å². The van der Waals surface area contributed by atoms with E-state index in [4.69, 9.17) is 15.0 Å². The van der Waals surface area contributed by atoms with Crippen molar-refractivity contribution >= 4 is 24.0 Å². The minimum Gasteiger partial charge on any atom is -0.480 e. The van der Waals surface area contributed by atoms with E-state index in [0.29, 0.717) is 11.5 Å². The van der Waals surface area contributed by atoms with Crippen molar-refractivity contribution in [3.05, 3.63) is 0 Å². The van der Waals surface area contributed by atoms with Crippen LogP contribution in [-0.2, 0) is 19.2 Å². The minimum atomic E-state index is -1.16. The normalized spacial score (nSPS) is 11.8. The second-order valence-corrected chi connectivity index (χ2v) is 5.94. The SMILES string of the molecule is CCCOC(=O)N(OC(=O)C(C)C)C(=N)N(C)C(C(=O)O)C(C)C. The second kappa shape index (κ2) is 9.74. The first-order chi connectivity index (χ1) is 11.0. The molecule has 1 amide bonds. The molecule has 0 aliphatic carbocycles. The number of likely N-dealkylation sites (N-methyl/N-ethyl adjacent to an activating group) is 1. The molecule has 0 spiro atoms. The van der Waals surface area contributed by atoms with Gasteiger partial charge in [-0.05, 0) is 12.3 Å². The van der Waals surface area contributed by atoms with Crippen LogP contribution in [-0.4, -0.2) is 58.8 Å². The molecule has 0 aromatic rings. The minimum absolute atomic E-state index is 0.0814. The highest BCUT2D eigenvalue weighted by molar-refractivity contribution is 5.94. The topological polar surface area (TPSA) is 120 Å². The third-order valence-electron chi connectivity index (χ3n) is 3.08. The van der Waals surface area contributed by atoms with E-state index >= 15 is 0 Å². The molecule has 2 N–H and O–H groups in total. The Morgan fingerprint density at radius 1 is 1.17 bits per heavy atom. The van der Waals surface area contributed by atoms with E-state index < -0.39 is 36.0 Å². The number of nitrogens with zero attached hydrogens (tertiary/aromatic N) is 2. The third kappa shape index (κ3) is 6.05. The summed E-state index contributed by atoms with van der Waals surface area (Å²) >= 11 is 0. The van der Waals surface area contributed by atoms with Crippen LogP contribution in [0.2, 0.25) is 0 Å². The fourth-order valence-corrected chi connectivity index (χ4v) is 1.78. The van der Waals surface area contributed by atoms with E-state index in [9.17, 15) is 19.5 Å². The maximum atomic E-state index is 12.1. The van der Waals surface area contributed by atoms with Crippen LogP contribution in [0, 0.1) is 17.2 Å². The lowest BCUT2D eigenvalue weighted by molar-refractivity contribution is -0.173. The number of hydroxylamine groups is 2. The zero-order valence-electron chi connectivity index (χ0n) is 15.0. The highest BCUT2D eigenvalue weighted by Crippen LogP contribution is 2.13. The molecule has 24 heavy (non-hydrogen) atoms. The van der Waals surface area contributed by atoms with E-state index in [1.54, 1.807) is 34.6 Å². The molecule has 1 unspecified atom stereocenters. The molecule has 0 bridgehead atoms. The van der Waals surface area contributed by atoms with Crippen LogP contribution in [0.4, 0.5) is 4.79 Å². The van der Waals surface area contributed by atoms with Crippen LogP contribution in [0.25, 0.3) is 0 Å². The van der Waals surface area contributed by atoms with Crippen LogP contribution < -0.4 is 0 Å². The van der Waals surface area contributed by atoms with Crippen molar-refractivity contribution in [2.75, 3.05) is 13.7 Å². The number of hydrogen-bond acceptors (Lipinski definition) is 6. The number of aliphatic carboxylic acids is 1. The summed E-state index contributed by atoms with van der Waals surface area (Å²) in [5.74, 6) is -3.37. The summed E-state index contributed by atoms with van der Waals surface area (Å²) in [7, 11) is 1.34. The Hall–Kier alpha value is -2.32. The van der Waals surface area contributed by atoms with Crippen LogP contribution in [0.5, 0.6) is 0 Å². The fraction of sp³-hybridized carbons (Fsp3) is 0.733. The maximum absolute atomic E-state index is 12.1. The molecule has 0 rings (SSSR count). The number of amides is 1. The standard InChI is InChI=1S/C15H27N3O6/c1-7-8-23-15(22)18(24-13(21)10(4)5)14(16)17(6)11(9(2)3)12(19)20/h9-11,16H,7-8H2,1-6H3,(H,19,20). The number of carbonyl (C=O) groups excluding carboxylic acids is 2. The summed E-state index contributed by atoms with van der Waals surface area (Å²) in [6, 6.07) is -1.07. The van der Waals surface area contributed by atoms with Crippen LogP contribution in [0.3, 0.4) is 0 Å². The van der Waals surface area contributed by atoms with Gasteiger partial charge in [0.2, 0.25) is 5.96 Å². The molecule has 0 saturated carbocycles. The average Bonchev–Trinajstić information content (AvgIpc) is 2.48. The van der Waals surface area contributed by atoms with Crippen molar-refractivity contribution in [3.63, 3.8) is 0 Å². The van der Waals surface area contributed by atoms with E-state index in [1.165, 1.54) is 7.05 Å². The number of carbonyl (C=O) groups is 3. The van der Waals surface area contributed by atoms with Crippen LogP contribution in [0.15, 0.2) is 0 Å². The Morgan fingerprint density at radius 3 is 2.08 bits per heavy atom. The van der Waals surface area contributed by atoms with Crippen LogP contribution in [0.1, 0.15) is 41.0 Å². The lowest BCUT2D eigenvalue weighted by Crippen LogP contribution is -2.53. The molecule has 0 aromatic heterocycles. The third-order valence-corrected chi connectivity index (χ3v) is 3.08. The summed E-state index contributed by atoms with van der Waals surface area (Å²) in [5.41, 5.74) is 0. The van der Waals surface area contributed by atoms with E-state index in [-0.39, 0.29) is 12.5 Å². The zero-order chi connectivity index (χ0) is 19.0. The first kappa shape index (κ1) is 21.7. The maximum Gasteiger partial charge on any atom is 0.451 e. The monoisotopic (exact) mass is 345 g/mol. The number of ether oxygens (including phenoxy) is 1.